The number of fused-ring (bicyclic) bond motifs is 3. The molecule has 2 unspecified atom stereocenters. The van der Waals surface area contributed by atoms with Crippen molar-refractivity contribution >= 4 is 5.82 Å². The normalized spacial score (nSPS) is 21.9. The quantitative estimate of drug-likeness (QED) is 0.790. The first-order valence-corrected chi connectivity index (χ1v) is 8.58. The number of hydrogen-bond donors (Lipinski definition) is 0. The highest BCUT2D eigenvalue weighted by Gasteiger charge is 2.32. The third-order valence-corrected chi connectivity index (χ3v) is 4.76. The van der Waals surface area contributed by atoms with Gasteiger partial charge in [-0.2, -0.15) is 0 Å². The van der Waals surface area contributed by atoms with E-state index in [0.29, 0.717) is 17.9 Å². The second-order valence-corrected chi connectivity index (χ2v) is 6.75. The first kappa shape index (κ1) is 15.3. The molecule has 0 saturated heterocycles. The maximum absolute atomic E-state index is 6.11. The summed E-state index contributed by atoms with van der Waals surface area (Å²) < 4.78 is 6.11. The molecule has 1 aromatic rings. The zero-order valence-electron chi connectivity index (χ0n) is 14.2. The van der Waals surface area contributed by atoms with Gasteiger partial charge in [-0.25, -0.2) is 9.97 Å². The molecule has 4 heteroatoms. The van der Waals surface area contributed by atoms with Crippen molar-refractivity contribution in [3.8, 4) is 5.75 Å². The molecule has 3 rings (SSSR count). The minimum absolute atomic E-state index is 0.346. The average molecular weight is 301 g/mol. The lowest BCUT2D eigenvalue weighted by atomic mass is 10.0. The van der Waals surface area contributed by atoms with Crippen molar-refractivity contribution in [3.05, 3.63) is 23.7 Å². The van der Waals surface area contributed by atoms with Crippen LogP contribution in [-0.2, 0) is 0 Å². The molecule has 2 aliphatic rings. The van der Waals surface area contributed by atoms with Crippen LogP contribution in [0.1, 0.15) is 70.3 Å². The van der Waals surface area contributed by atoms with Crippen LogP contribution in [0, 0.1) is 0 Å². The summed E-state index contributed by atoms with van der Waals surface area (Å²) in [7, 11) is 0. The van der Waals surface area contributed by atoms with Gasteiger partial charge >= 0.3 is 0 Å². The summed E-state index contributed by atoms with van der Waals surface area (Å²) >= 11 is 0. The van der Waals surface area contributed by atoms with Crippen molar-refractivity contribution in [3.63, 3.8) is 0 Å². The summed E-state index contributed by atoms with van der Waals surface area (Å²) in [5.74, 6) is 3.61. The van der Waals surface area contributed by atoms with Crippen LogP contribution in [0.2, 0.25) is 0 Å². The van der Waals surface area contributed by atoms with E-state index in [2.05, 4.69) is 44.7 Å². The fraction of sp³-hybridized carbons (Fsp3) is 0.667. The molecule has 0 bridgehead atoms. The van der Waals surface area contributed by atoms with Gasteiger partial charge in [0.05, 0.1) is 11.7 Å². The van der Waals surface area contributed by atoms with E-state index in [1.807, 2.05) is 0 Å². The first-order chi connectivity index (χ1) is 10.6. The van der Waals surface area contributed by atoms with Gasteiger partial charge in [0, 0.05) is 12.5 Å². The van der Waals surface area contributed by atoms with E-state index < -0.39 is 0 Å². The molecule has 0 amide bonds. The Morgan fingerprint density at radius 2 is 2.09 bits per heavy atom. The standard InChI is InChI=1S/C18H27N3O/c1-5-13(4)17-19-15(12(2)3)16-18(20-17)21-10-8-6-7-9-14(21)11-22-16/h6,8,12-14H,5,7,9-11H2,1-4H3. The third-order valence-electron chi connectivity index (χ3n) is 4.76. The molecule has 0 aromatic carbocycles. The first-order valence-electron chi connectivity index (χ1n) is 8.58. The maximum Gasteiger partial charge on any atom is 0.183 e. The Morgan fingerprint density at radius 3 is 2.82 bits per heavy atom. The molecule has 120 valence electrons. The lowest BCUT2D eigenvalue weighted by Crippen LogP contribution is -2.43. The minimum Gasteiger partial charge on any atom is -0.486 e. The van der Waals surface area contributed by atoms with Crippen LogP contribution in [0.15, 0.2) is 12.2 Å². The van der Waals surface area contributed by atoms with Gasteiger partial charge in [0.2, 0.25) is 0 Å². The number of anilines is 1. The van der Waals surface area contributed by atoms with E-state index in [-0.39, 0.29) is 0 Å². The van der Waals surface area contributed by atoms with Gasteiger partial charge in [-0.1, -0.05) is 39.8 Å². The fourth-order valence-electron chi connectivity index (χ4n) is 3.11. The number of nitrogens with zero attached hydrogens (tertiary/aromatic N) is 3. The fourth-order valence-corrected chi connectivity index (χ4v) is 3.11. The van der Waals surface area contributed by atoms with Crippen molar-refractivity contribution < 1.29 is 4.74 Å². The summed E-state index contributed by atoms with van der Waals surface area (Å²) in [6.07, 6.45) is 7.85. The topological polar surface area (TPSA) is 38.2 Å². The average Bonchev–Trinajstić information content (AvgIpc) is 2.78. The van der Waals surface area contributed by atoms with E-state index in [1.165, 1.54) is 0 Å². The summed E-state index contributed by atoms with van der Waals surface area (Å²) in [5.41, 5.74) is 1.06. The molecule has 0 spiro atoms. The number of rotatable bonds is 3. The summed E-state index contributed by atoms with van der Waals surface area (Å²) in [6.45, 7) is 10.4. The molecule has 0 N–H and O–H groups in total. The third kappa shape index (κ3) is 2.71. The number of hydrogen-bond acceptors (Lipinski definition) is 4. The molecule has 1 aromatic heterocycles. The number of aromatic nitrogens is 2. The molecular weight excluding hydrogens is 274 g/mol. The van der Waals surface area contributed by atoms with Crippen LogP contribution < -0.4 is 9.64 Å². The van der Waals surface area contributed by atoms with Crippen molar-refractivity contribution in [1.29, 1.82) is 0 Å². The van der Waals surface area contributed by atoms with Crippen LogP contribution in [0.5, 0.6) is 5.75 Å². The van der Waals surface area contributed by atoms with Gasteiger partial charge in [-0.3, -0.25) is 0 Å². The van der Waals surface area contributed by atoms with Gasteiger partial charge in [0.25, 0.3) is 0 Å². The maximum atomic E-state index is 6.11. The zero-order valence-corrected chi connectivity index (χ0v) is 14.2. The van der Waals surface area contributed by atoms with Crippen molar-refractivity contribution in [2.24, 2.45) is 0 Å². The Bertz CT molecular complexity index is 568. The number of allylic oxidation sites excluding steroid dienone is 1. The Hall–Kier alpha value is -1.58. The molecule has 0 fully saturated rings. The van der Waals surface area contributed by atoms with E-state index in [0.717, 1.165) is 55.5 Å². The minimum atomic E-state index is 0.346. The second kappa shape index (κ2) is 6.27. The molecular formula is C18H27N3O. The smallest absolute Gasteiger partial charge is 0.183 e. The van der Waals surface area contributed by atoms with Gasteiger partial charge in [0.1, 0.15) is 12.4 Å². The Labute approximate surface area is 133 Å². The van der Waals surface area contributed by atoms with Crippen LogP contribution in [-0.4, -0.2) is 29.2 Å². The predicted molar refractivity (Wildman–Crippen MR) is 89.8 cm³/mol. The predicted octanol–water partition coefficient (Wildman–Crippen LogP) is 4.03. The number of ether oxygens (including phenoxy) is 1. The Kier molecular flexibility index (Phi) is 4.37. The van der Waals surface area contributed by atoms with Gasteiger partial charge < -0.3 is 9.64 Å². The SMILES string of the molecule is CCC(C)c1nc(C(C)C)c2c(n1)N1CC=CCCC1CO2. The van der Waals surface area contributed by atoms with Crippen LogP contribution in [0.3, 0.4) is 0 Å². The Morgan fingerprint density at radius 1 is 1.27 bits per heavy atom. The van der Waals surface area contributed by atoms with Gasteiger partial charge in [-0.05, 0) is 25.2 Å². The highest BCUT2D eigenvalue weighted by atomic mass is 16.5. The summed E-state index contributed by atoms with van der Waals surface area (Å²) in [4.78, 5) is 12.2. The molecule has 0 radical (unpaired) electrons. The molecule has 4 nitrogen and oxygen atoms in total. The van der Waals surface area contributed by atoms with Crippen LogP contribution in [0.25, 0.3) is 0 Å². The van der Waals surface area contributed by atoms with Gasteiger partial charge in [-0.15, -0.1) is 0 Å². The highest BCUT2D eigenvalue weighted by Crippen LogP contribution is 2.40. The second-order valence-electron chi connectivity index (χ2n) is 6.75. The van der Waals surface area contributed by atoms with Crippen LogP contribution >= 0.6 is 0 Å². The molecule has 0 saturated carbocycles. The lowest BCUT2D eigenvalue weighted by Gasteiger charge is -2.37. The molecule has 2 aliphatic heterocycles. The van der Waals surface area contributed by atoms with Crippen LogP contribution in [0.4, 0.5) is 5.82 Å². The highest BCUT2D eigenvalue weighted by molar-refractivity contribution is 5.59. The summed E-state index contributed by atoms with van der Waals surface area (Å²) in [6, 6.07) is 0.433. The Balaban J connectivity index is 2.10. The van der Waals surface area contributed by atoms with Crippen molar-refractivity contribution in [1.82, 2.24) is 9.97 Å². The molecule has 0 aliphatic carbocycles. The van der Waals surface area contributed by atoms with E-state index in [4.69, 9.17) is 14.7 Å². The monoisotopic (exact) mass is 301 g/mol. The van der Waals surface area contributed by atoms with Crippen molar-refractivity contribution in [2.45, 2.75) is 64.8 Å². The summed E-state index contributed by atoms with van der Waals surface area (Å²) in [5, 5.41) is 0. The van der Waals surface area contributed by atoms with E-state index in [1.54, 1.807) is 0 Å². The van der Waals surface area contributed by atoms with Crippen molar-refractivity contribution in [2.75, 3.05) is 18.1 Å². The molecule has 2 atom stereocenters. The van der Waals surface area contributed by atoms with E-state index in [9.17, 15) is 0 Å². The van der Waals surface area contributed by atoms with E-state index >= 15 is 0 Å². The lowest BCUT2D eigenvalue weighted by molar-refractivity contribution is 0.251. The van der Waals surface area contributed by atoms with Gasteiger partial charge in [0.15, 0.2) is 11.6 Å². The molecule has 22 heavy (non-hydrogen) atoms. The zero-order chi connectivity index (χ0) is 15.7. The largest absolute Gasteiger partial charge is 0.486 e. The molecule has 3 heterocycles.